The van der Waals surface area contributed by atoms with Crippen LogP contribution in [0.15, 0.2) is 0 Å². The summed E-state index contributed by atoms with van der Waals surface area (Å²) in [5, 5.41) is 0. The molecule has 2 N–H and O–H groups in total. The summed E-state index contributed by atoms with van der Waals surface area (Å²) in [5.41, 5.74) is 5.62. The molecular formula is C10H21N. The van der Waals surface area contributed by atoms with Gasteiger partial charge in [0.1, 0.15) is 0 Å². The lowest BCUT2D eigenvalue weighted by atomic mass is 9.99. The number of hydrogen-bond acceptors (Lipinski definition) is 1. The second-order valence-corrected chi connectivity index (χ2v) is 3.92. The lowest BCUT2D eigenvalue weighted by Crippen LogP contribution is -2.10. The van der Waals surface area contributed by atoms with Crippen LogP contribution in [0.5, 0.6) is 0 Å². The molecule has 2 atom stereocenters. The fraction of sp³-hybridized carbons (Fsp3) is 1.00. The fourth-order valence-corrected chi connectivity index (χ4v) is 2.15. The molecule has 0 amide bonds. The first-order valence-corrected chi connectivity index (χ1v) is 5.06. The molecule has 0 heterocycles. The van der Waals surface area contributed by atoms with Crippen LogP contribution in [0.2, 0.25) is 0 Å². The van der Waals surface area contributed by atoms with Crippen LogP contribution >= 0.6 is 0 Å². The topological polar surface area (TPSA) is 26.0 Å². The van der Waals surface area contributed by atoms with Gasteiger partial charge in [-0.15, -0.1) is 0 Å². The van der Waals surface area contributed by atoms with Crippen molar-refractivity contribution in [2.24, 2.45) is 17.6 Å². The SMILES string of the molecule is CCCC[C@H]1CC[C@@H](CN)C1. The molecule has 11 heavy (non-hydrogen) atoms. The highest BCUT2D eigenvalue weighted by atomic mass is 14.6. The molecule has 0 unspecified atom stereocenters. The molecule has 0 aliphatic heterocycles. The van der Waals surface area contributed by atoms with Gasteiger partial charge in [-0.25, -0.2) is 0 Å². The zero-order valence-corrected chi connectivity index (χ0v) is 7.68. The van der Waals surface area contributed by atoms with Crippen molar-refractivity contribution in [3.8, 4) is 0 Å². The number of nitrogens with two attached hydrogens (primary N) is 1. The van der Waals surface area contributed by atoms with E-state index < -0.39 is 0 Å². The summed E-state index contributed by atoms with van der Waals surface area (Å²) in [7, 11) is 0. The van der Waals surface area contributed by atoms with Gasteiger partial charge >= 0.3 is 0 Å². The predicted molar refractivity (Wildman–Crippen MR) is 49.4 cm³/mol. The summed E-state index contributed by atoms with van der Waals surface area (Å²) < 4.78 is 0. The number of rotatable bonds is 4. The highest BCUT2D eigenvalue weighted by Crippen LogP contribution is 2.33. The minimum absolute atomic E-state index is 0.858. The molecule has 1 nitrogen and oxygen atoms in total. The second kappa shape index (κ2) is 4.76. The highest BCUT2D eigenvalue weighted by molar-refractivity contribution is 4.75. The molecule has 0 aromatic rings. The van der Waals surface area contributed by atoms with E-state index in [4.69, 9.17) is 5.73 Å². The molecule has 1 aliphatic carbocycles. The molecule has 0 aromatic heterocycles. The molecule has 1 fully saturated rings. The van der Waals surface area contributed by atoms with Crippen molar-refractivity contribution in [2.75, 3.05) is 6.54 Å². The Morgan fingerprint density at radius 3 is 2.55 bits per heavy atom. The predicted octanol–water partition coefficient (Wildman–Crippen LogP) is 2.55. The molecule has 1 aliphatic rings. The van der Waals surface area contributed by atoms with Crippen LogP contribution in [0, 0.1) is 11.8 Å². The van der Waals surface area contributed by atoms with Crippen LogP contribution < -0.4 is 5.73 Å². The van der Waals surface area contributed by atoms with Crippen molar-refractivity contribution in [2.45, 2.75) is 45.4 Å². The van der Waals surface area contributed by atoms with E-state index in [0.717, 1.165) is 18.4 Å². The van der Waals surface area contributed by atoms with E-state index in [0.29, 0.717) is 0 Å². The van der Waals surface area contributed by atoms with Crippen molar-refractivity contribution < 1.29 is 0 Å². The van der Waals surface area contributed by atoms with Gasteiger partial charge in [-0.1, -0.05) is 32.6 Å². The summed E-state index contributed by atoms with van der Waals surface area (Å²) >= 11 is 0. The minimum Gasteiger partial charge on any atom is -0.330 e. The molecular weight excluding hydrogens is 134 g/mol. The maximum absolute atomic E-state index is 5.62. The fourth-order valence-electron chi connectivity index (χ4n) is 2.15. The van der Waals surface area contributed by atoms with E-state index in [9.17, 15) is 0 Å². The van der Waals surface area contributed by atoms with Crippen LogP contribution in [-0.4, -0.2) is 6.54 Å². The maximum atomic E-state index is 5.62. The van der Waals surface area contributed by atoms with Gasteiger partial charge in [-0.05, 0) is 31.2 Å². The van der Waals surface area contributed by atoms with Crippen LogP contribution in [0.1, 0.15) is 45.4 Å². The van der Waals surface area contributed by atoms with E-state index in [-0.39, 0.29) is 0 Å². The van der Waals surface area contributed by atoms with Crippen LogP contribution in [0.3, 0.4) is 0 Å². The Morgan fingerprint density at radius 1 is 1.27 bits per heavy atom. The van der Waals surface area contributed by atoms with E-state index >= 15 is 0 Å². The Labute approximate surface area is 70.4 Å². The third-order valence-electron chi connectivity index (χ3n) is 2.95. The first-order valence-electron chi connectivity index (χ1n) is 5.06. The smallest absolute Gasteiger partial charge is 0.00488 e. The van der Waals surface area contributed by atoms with Gasteiger partial charge < -0.3 is 5.73 Å². The largest absolute Gasteiger partial charge is 0.330 e. The van der Waals surface area contributed by atoms with E-state index in [1.54, 1.807) is 0 Å². The molecule has 0 saturated heterocycles. The highest BCUT2D eigenvalue weighted by Gasteiger charge is 2.22. The third-order valence-corrected chi connectivity index (χ3v) is 2.95. The Morgan fingerprint density at radius 2 is 2.00 bits per heavy atom. The van der Waals surface area contributed by atoms with Crippen molar-refractivity contribution in [3.05, 3.63) is 0 Å². The number of unbranched alkanes of at least 4 members (excludes halogenated alkanes) is 1. The summed E-state index contributed by atoms with van der Waals surface area (Å²) in [6.45, 7) is 3.19. The Balaban J connectivity index is 2.09. The van der Waals surface area contributed by atoms with Gasteiger partial charge in [-0.3, -0.25) is 0 Å². The summed E-state index contributed by atoms with van der Waals surface area (Å²) in [4.78, 5) is 0. The maximum Gasteiger partial charge on any atom is -0.00488 e. The van der Waals surface area contributed by atoms with Crippen molar-refractivity contribution in [3.63, 3.8) is 0 Å². The lowest BCUT2D eigenvalue weighted by molar-refractivity contribution is 0.453. The van der Waals surface area contributed by atoms with Gasteiger partial charge in [0, 0.05) is 0 Å². The zero-order valence-electron chi connectivity index (χ0n) is 7.68. The molecule has 0 radical (unpaired) electrons. The minimum atomic E-state index is 0.858. The van der Waals surface area contributed by atoms with Crippen molar-refractivity contribution in [1.82, 2.24) is 0 Å². The van der Waals surface area contributed by atoms with Crippen LogP contribution in [-0.2, 0) is 0 Å². The zero-order chi connectivity index (χ0) is 8.10. The van der Waals surface area contributed by atoms with Crippen molar-refractivity contribution in [1.29, 1.82) is 0 Å². The molecule has 66 valence electrons. The molecule has 1 saturated carbocycles. The molecule has 1 heteroatoms. The standard InChI is InChI=1S/C10H21N/c1-2-3-4-9-5-6-10(7-9)8-11/h9-10H,2-8,11H2,1H3/t9-,10+/m0/s1. The normalized spacial score (nSPS) is 31.1. The Bertz CT molecular complexity index is 101. The first kappa shape index (κ1) is 9.05. The average molecular weight is 155 g/mol. The Hall–Kier alpha value is -0.0400. The summed E-state index contributed by atoms with van der Waals surface area (Å²) in [6.07, 6.45) is 8.47. The van der Waals surface area contributed by atoms with Crippen molar-refractivity contribution >= 4 is 0 Å². The first-order chi connectivity index (χ1) is 5.36. The number of hydrogen-bond donors (Lipinski definition) is 1. The van der Waals surface area contributed by atoms with Gasteiger partial charge in [0.25, 0.3) is 0 Å². The average Bonchev–Trinajstić information content (AvgIpc) is 2.48. The second-order valence-electron chi connectivity index (χ2n) is 3.92. The Kier molecular flexibility index (Phi) is 3.92. The monoisotopic (exact) mass is 155 g/mol. The molecule has 0 spiro atoms. The molecule has 0 aromatic carbocycles. The van der Waals surface area contributed by atoms with E-state index in [2.05, 4.69) is 6.92 Å². The van der Waals surface area contributed by atoms with Gasteiger partial charge in [0.15, 0.2) is 0 Å². The van der Waals surface area contributed by atoms with Crippen LogP contribution in [0.25, 0.3) is 0 Å². The summed E-state index contributed by atoms with van der Waals surface area (Å²) in [5.74, 6) is 1.88. The van der Waals surface area contributed by atoms with E-state index in [1.165, 1.54) is 38.5 Å². The van der Waals surface area contributed by atoms with Crippen LogP contribution in [0.4, 0.5) is 0 Å². The van der Waals surface area contributed by atoms with E-state index in [1.807, 2.05) is 0 Å². The lowest BCUT2D eigenvalue weighted by Gasteiger charge is -2.08. The molecule has 0 bridgehead atoms. The van der Waals surface area contributed by atoms with Gasteiger partial charge in [0.2, 0.25) is 0 Å². The third kappa shape index (κ3) is 2.82. The van der Waals surface area contributed by atoms with Gasteiger partial charge in [0.05, 0.1) is 0 Å². The quantitative estimate of drug-likeness (QED) is 0.663. The summed E-state index contributed by atoms with van der Waals surface area (Å²) in [6, 6.07) is 0. The molecule has 1 rings (SSSR count). The van der Waals surface area contributed by atoms with Gasteiger partial charge in [-0.2, -0.15) is 0 Å².